The Hall–Kier alpha value is -3.43. The summed E-state index contributed by atoms with van der Waals surface area (Å²) in [4.78, 5) is 60.4. The molecule has 5 rings (SSSR count). The van der Waals surface area contributed by atoms with Crippen molar-refractivity contribution < 1.29 is 24.0 Å². The van der Waals surface area contributed by atoms with E-state index >= 15 is 0 Å². The summed E-state index contributed by atoms with van der Waals surface area (Å²) in [7, 11) is 0. The number of nitrogens with zero attached hydrogens (tertiary/aromatic N) is 3. The van der Waals surface area contributed by atoms with Crippen molar-refractivity contribution in [1.82, 2.24) is 20.2 Å². The minimum absolute atomic E-state index is 0.190. The minimum atomic E-state index is -0.901. The largest absolute Gasteiger partial charge is 0.434 e. The molecule has 9 nitrogen and oxygen atoms in total. The fraction of sp³-hybridized carbons (Fsp3) is 0.429. The molecule has 4 amide bonds. The van der Waals surface area contributed by atoms with Gasteiger partial charge in [0.25, 0.3) is 5.91 Å². The summed E-state index contributed by atoms with van der Waals surface area (Å²) < 4.78 is 0. The van der Waals surface area contributed by atoms with Gasteiger partial charge in [-0.05, 0) is 56.2 Å². The summed E-state index contributed by atoms with van der Waals surface area (Å²) >= 11 is 5.96. The van der Waals surface area contributed by atoms with Gasteiger partial charge in [0.15, 0.2) is 5.78 Å². The molecule has 2 aromatic carbocycles. The predicted molar refractivity (Wildman–Crippen MR) is 141 cm³/mol. The average molecular weight is 539 g/mol. The van der Waals surface area contributed by atoms with Crippen molar-refractivity contribution in [3.63, 3.8) is 0 Å². The number of imide groups is 1. The molecule has 200 valence electrons. The summed E-state index contributed by atoms with van der Waals surface area (Å²) in [5.41, 5.74) is 2.70. The number of hydroxylamine groups is 2. The smallest absolute Gasteiger partial charge is 0.312 e. The maximum atomic E-state index is 13.2. The molecule has 3 aliphatic rings. The highest BCUT2D eigenvalue weighted by molar-refractivity contribution is 6.30. The van der Waals surface area contributed by atoms with E-state index in [1.807, 2.05) is 43.3 Å². The van der Waals surface area contributed by atoms with Gasteiger partial charge in [-0.1, -0.05) is 58.6 Å². The van der Waals surface area contributed by atoms with E-state index in [4.69, 9.17) is 16.4 Å². The van der Waals surface area contributed by atoms with Crippen LogP contribution in [0.5, 0.6) is 0 Å². The summed E-state index contributed by atoms with van der Waals surface area (Å²) in [6.45, 7) is 3.31. The maximum absolute atomic E-state index is 13.2. The van der Waals surface area contributed by atoms with Crippen molar-refractivity contribution in [2.75, 3.05) is 26.2 Å². The number of urea groups is 1. The number of hydrogen-bond donors (Lipinski definition) is 1. The van der Waals surface area contributed by atoms with E-state index in [-0.39, 0.29) is 18.9 Å². The lowest BCUT2D eigenvalue weighted by molar-refractivity contribution is -0.152. The number of benzene rings is 2. The van der Waals surface area contributed by atoms with Crippen LogP contribution in [0.15, 0.2) is 48.5 Å². The number of piperazine rings is 1. The number of fused-ring (bicyclic) bond motifs is 1. The van der Waals surface area contributed by atoms with Gasteiger partial charge in [0.1, 0.15) is 12.1 Å². The number of ketones is 1. The molecule has 3 heterocycles. The number of hydrogen-bond acceptors (Lipinski definition) is 6. The Morgan fingerprint density at radius 2 is 1.68 bits per heavy atom. The summed E-state index contributed by atoms with van der Waals surface area (Å²) in [6.07, 6.45) is 2.86. The Morgan fingerprint density at radius 1 is 1.00 bits per heavy atom. The Balaban J connectivity index is 1.17. The SMILES string of the molecule is Cc1ccc(C(=O)C2CNCC3C(=O)N(OC(=O)N4CCC(CCc5ccc(Cl)cc5)CC4)C(=O)N23)cc1. The fourth-order valence-corrected chi connectivity index (χ4v) is 5.48. The lowest BCUT2D eigenvalue weighted by Crippen LogP contribution is -2.60. The average Bonchev–Trinajstić information content (AvgIpc) is 3.18. The molecule has 2 aromatic rings. The zero-order chi connectivity index (χ0) is 26.8. The van der Waals surface area contributed by atoms with Gasteiger partial charge in [-0.2, -0.15) is 0 Å². The minimum Gasteiger partial charge on any atom is -0.312 e. The molecule has 2 atom stereocenters. The monoisotopic (exact) mass is 538 g/mol. The van der Waals surface area contributed by atoms with Crippen molar-refractivity contribution in [2.45, 2.75) is 44.7 Å². The first-order valence-electron chi connectivity index (χ1n) is 13.0. The van der Waals surface area contributed by atoms with Gasteiger partial charge >= 0.3 is 12.1 Å². The van der Waals surface area contributed by atoms with Crippen LogP contribution in [0.2, 0.25) is 5.02 Å². The zero-order valence-corrected chi connectivity index (χ0v) is 22.0. The first-order valence-corrected chi connectivity index (χ1v) is 13.4. The van der Waals surface area contributed by atoms with Crippen molar-refractivity contribution in [3.05, 3.63) is 70.2 Å². The van der Waals surface area contributed by atoms with Gasteiger partial charge in [0, 0.05) is 36.8 Å². The lowest BCUT2D eigenvalue weighted by atomic mass is 9.91. The molecule has 1 N–H and O–H groups in total. The Bertz CT molecular complexity index is 1210. The van der Waals surface area contributed by atoms with Gasteiger partial charge in [-0.25, -0.2) is 9.59 Å². The molecule has 0 spiro atoms. The molecule has 0 radical (unpaired) electrons. The Kier molecular flexibility index (Phi) is 7.67. The van der Waals surface area contributed by atoms with Gasteiger partial charge in [-0.3, -0.25) is 14.5 Å². The summed E-state index contributed by atoms with van der Waals surface area (Å²) in [5, 5.41) is 4.32. The Morgan fingerprint density at radius 3 is 2.37 bits per heavy atom. The van der Waals surface area contributed by atoms with Crippen LogP contribution in [0, 0.1) is 12.8 Å². The number of piperidine rings is 1. The van der Waals surface area contributed by atoms with Crippen LogP contribution in [0.3, 0.4) is 0 Å². The standard InChI is InChI=1S/C28H31ClN4O5/c1-18-2-8-21(9-3-18)25(34)23-16-30-17-24-26(35)33(27(36)32(23)24)38-28(37)31-14-12-20(13-15-31)5-4-19-6-10-22(29)11-7-19/h2-3,6-11,20,23-24,30H,4-5,12-17H2,1H3. The third kappa shape index (κ3) is 5.39. The topological polar surface area (TPSA) is 99.3 Å². The first kappa shape index (κ1) is 26.2. The quantitative estimate of drug-likeness (QED) is 0.443. The van der Waals surface area contributed by atoms with Crippen molar-refractivity contribution in [2.24, 2.45) is 5.92 Å². The molecule has 0 aliphatic carbocycles. The number of amides is 4. The number of likely N-dealkylation sites (tertiary alicyclic amines) is 1. The summed E-state index contributed by atoms with van der Waals surface area (Å²) in [6, 6.07) is 12.4. The molecule has 10 heteroatoms. The molecule has 38 heavy (non-hydrogen) atoms. The highest BCUT2D eigenvalue weighted by Gasteiger charge is 2.54. The fourth-order valence-electron chi connectivity index (χ4n) is 5.35. The second kappa shape index (κ2) is 11.1. The van der Waals surface area contributed by atoms with E-state index in [1.165, 1.54) is 15.4 Å². The highest BCUT2D eigenvalue weighted by Crippen LogP contribution is 2.27. The molecule has 0 bridgehead atoms. The molecular weight excluding hydrogens is 508 g/mol. The molecule has 3 fully saturated rings. The second-order valence-corrected chi connectivity index (χ2v) is 10.6. The van der Waals surface area contributed by atoms with Gasteiger partial charge < -0.3 is 15.1 Å². The van der Waals surface area contributed by atoms with Crippen LogP contribution in [0.1, 0.15) is 40.7 Å². The normalized spacial score (nSPS) is 22.0. The van der Waals surface area contributed by atoms with Crippen LogP contribution in [0.4, 0.5) is 9.59 Å². The molecule has 2 unspecified atom stereocenters. The van der Waals surface area contributed by atoms with Crippen LogP contribution >= 0.6 is 11.6 Å². The second-order valence-electron chi connectivity index (χ2n) is 10.2. The molecular formula is C28H31ClN4O5. The van der Waals surface area contributed by atoms with Crippen molar-refractivity contribution in [3.8, 4) is 0 Å². The predicted octanol–water partition coefficient (Wildman–Crippen LogP) is 3.83. The van der Waals surface area contributed by atoms with Crippen LogP contribution < -0.4 is 5.32 Å². The number of halogens is 1. The number of carbonyl (C=O) groups excluding carboxylic acids is 4. The van der Waals surface area contributed by atoms with E-state index in [9.17, 15) is 19.2 Å². The van der Waals surface area contributed by atoms with Crippen LogP contribution in [0.25, 0.3) is 0 Å². The van der Waals surface area contributed by atoms with Crippen molar-refractivity contribution >= 4 is 35.4 Å². The van der Waals surface area contributed by atoms with Crippen LogP contribution in [-0.4, -0.2) is 76.9 Å². The van der Waals surface area contributed by atoms with E-state index < -0.39 is 30.1 Å². The van der Waals surface area contributed by atoms with Gasteiger partial charge in [-0.15, -0.1) is 0 Å². The van der Waals surface area contributed by atoms with E-state index in [0.29, 0.717) is 29.6 Å². The highest BCUT2D eigenvalue weighted by atomic mass is 35.5. The number of Topliss-reactive ketones (excluding diaryl/α,β-unsaturated/α-hetero) is 1. The molecule has 3 aliphatic heterocycles. The first-order chi connectivity index (χ1) is 18.3. The number of nitrogens with one attached hydrogen (secondary N) is 1. The molecule has 0 saturated carbocycles. The van der Waals surface area contributed by atoms with Crippen LogP contribution in [-0.2, 0) is 16.1 Å². The summed E-state index contributed by atoms with van der Waals surface area (Å²) in [5.74, 6) is -0.439. The third-order valence-corrected chi connectivity index (χ3v) is 7.91. The number of rotatable bonds is 6. The van der Waals surface area contributed by atoms with E-state index in [0.717, 1.165) is 36.3 Å². The van der Waals surface area contributed by atoms with E-state index in [1.54, 1.807) is 12.1 Å². The van der Waals surface area contributed by atoms with Crippen molar-refractivity contribution in [1.29, 1.82) is 0 Å². The number of carbonyl (C=O) groups is 4. The Labute approximate surface area is 226 Å². The lowest BCUT2D eigenvalue weighted by Gasteiger charge is -2.34. The van der Waals surface area contributed by atoms with E-state index in [2.05, 4.69) is 5.32 Å². The van der Waals surface area contributed by atoms with Gasteiger partial charge in [0.2, 0.25) is 0 Å². The zero-order valence-electron chi connectivity index (χ0n) is 21.3. The number of aryl methyl sites for hydroxylation is 2. The third-order valence-electron chi connectivity index (χ3n) is 7.66. The molecule has 0 aromatic heterocycles. The van der Waals surface area contributed by atoms with Gasteiger partial charge in [0.05, 0.1) is 0 Å². The maximum Gasteiger partial charge on any atom is 0.434 e. The molecule has 3 saturated heterocycles.